The maximum atomic E-state index is 4.49. The number of nitrogens with zero attached hydrogens (tertiary/aromatic N) is 2. The third-order valence-electron chi connectivity index (χ3n) is 2.38. The van der Waals surface area contributed by atoms with Crippen LogP contribution >= 0.6 is 15.9 Å². The molecule has 1 aromatic carbocycles. The lowest BCUT2D eigenvalue weighted by atomic mass is 10.1. The number of aromatic nitrogens is 2. The van der Waals surface area contributed by atoms with Gasteiger partial charge in [0.15, 0.2) is 0 Å². The van der Waals surface area contributed by atoms with Crippen molar-refractivity contribution < 1.29 is 0 Å². The van der Waals surface area contributed by atoms with Gasteiger partial charge in [-0.1, -0.05) is 30.3 Å². The molecule has 0 aliphatic carbocycles. The Hall–Kier alpha value is -1.09. The molecule has 0 saturated heterocycles. The molecule has 2 nitrogen and oxygen atoms in total. The van der Waals surface area contributed by atoms with Crippen LogP contribution in [0.25, 0.3) is 11.3 Å². The molecule has 84 valence electrons. The topological polar surface area (TPSA) is 17.8 Å². The summed E-state index contributed by atoms with van der Waals surface area (Å²) in [4.78, 5) is 0. The smallest absolute Gasteiger partial charge is 0.128 e. The van der Waals surface area contributed by atoms with E-state index in [4.69, 9.17) is 0 Å². The lowest BCUT2D eigenvalue weighted by Gasteiger charge is -2.22. The SMILES string of the molecule is CC(C)(C)n1nc(Br)cc1-c1ccccc1. The summed E-state index contributed by atoms with van der Waals surface area (Å²) in [6.45, 7) is 6.46. The van der Waals surface area contributed by atoms with Crippen LogP contribution in [0.1, 0.15) is 20.8 Å². The Kier molecular flexibility index (Phi) is 2.89. The second-order valence-electron chi connectivity index (χ2n) is 4.80. The third kappa shape index (κ3) is 2.19. The van der Waals surface area contributed by atoms with E-state index in [-0.39, 0.29) is 5.54 Å². The molecule has 1 heterocycles. The van der Waals surface area contributed by atoms with Gasteiger partial charge < -0.3 is 0 Å². The molecule has 0 unspecified atom stereocenters. The zero-order chi connectivity index (χ0) is 11.8. The summed E-state index contributed by atoms with van der Waals surface area (Å²) in [5, 5.41) is 4.49. The first-order chi connectivity index (χ1) is 7.48. The highest BCUT2D eigenvalue weighted by atomic mass is 79.9. The van der Waals surface area contributed by atoms with Gasteiger partial charge in [-0.2, -0.15) is 5.10 Å². The first kappa shape index (κ1) is 11.4. The Labute approximate surface area is 104 Å². The summed E-state index contributed by atoms with van der Waals surface area (Å²) in [5.41, 5.74) is 2.31. The van der Waals surface area contributed by atoms with E-state index < -0.39 is 0 Å². The molecule has 0 aliphatic rings. The van der Waals surface area contributed by atoms with Crippen LogP contribution in [0.3, 0.4) is 0 Å². The number of halogens is 1. The van der Waals surface area contributed by atoms with Gasteiger partial charge in [0, 0.05) is 0 Å². The maximum Gasteiger partial charge on any atom is 0.128 e. The van der Waals surface area contributed by atoms with E-state index in [1.165, 1.54) is 5.56 Å². The highest BCUT2D eigenvalue weighted by Gasteiger charge is 2.19. The lowest BCUT2D eigenvalue weighted by molar-refractivity contribution is 0.359. The van der Waals surface area contributed by atoms with Crippen molar-refractivity contribution in [3.8, 4) is 11.3 Å². The molecule has 0 saturated carbocycles. The van der Waals surface area contributed by atoms with Gasteiger partial charge in [0.2, 0.25) is 0 Å². The zero-order valence-electron chi connectivity index (χ0n) is 9.74. The predicted molar refractivity (Wildman–Crippen MR) is 70.4 cm³/mol. The van der Waals surface area contributed by atoms with Crippen LogP contribution in [0, 0.1) is 0 Å². The monoisotopic (exact) mass is 278 g/mol. The minimum absolute atomic E-state index is 0.0167. The van der Waals surface area contributed by atoms with Gasteiger partial charge in [-0.15, -0.1) is 0 Å². The van der Waals surface area contributed by atoms with Crippen LogP contribution in [0.15, 0.2) is 41.0 Å². The van der Waals surface area contributed by atoms with Gasteiger partial charge in [-0.25, -0.2) is 0 Å². The van der Waals surface area contributed by atoms with Crippen LogP contribution in [0.4, 0.5) is 0 Å². The average Bonchev–Trinajstić information content (AvgIpc) is 2.61. The summed E-state index contributed by atoms with van der Waals surface area (Å²) in [5.74, 6) is 0. The van der Waals surface area contributed by atoms with Crippen molar-refractivity contribution in [1.29, 1.82) is 0 Å². The van der Waals surface area contributed by atoms with Crippen LogP contribution < -0.4 is 0 Å². The van der Waals surface area contributed by atoms with Crippen LogP contribution in [-0.4, -0.2) is 9.78 Å². The molecule has 0 N–H and O–H groups in total. The second-order valence-corrected chi connectivity index (χ2v) is 5.61. The van der Waals surface area contributed by atoms with Crippen molar-refractivity contribution in [3.63, 3.8) is 0 Å². The van der Waals surface area contributed by atoms with E-state index in [0.29, 0.717) is 0 Å². The van der Waals surface area contributed by atoms with E-state index >= 15 is 0 Å². The van der Waals surface area contributed by atoms with Crippen molar-refractivity contribution in [3.05, 3.63) is 41.0 Å². The van der Waals surface area contributed by atoms with Crippen LogP contribution in [0.5, 0.6) is 0 Å². The average molecular weight is 279 g/mol. The van der Waals surface area contributed by atoms with E-state index in [1.54, 1.807) is 0 Å². The van der Waals surface area contributed by atoms with Crippen molar-refractivity contribution >= 4 is 15.9 Å². The summed E-state index contributed by atoms with van der Waals surface area (Å²) < 4.78 is 2.92. The molecule has 2 rings (SSSR count). The van der Waals surface area contributed by atoms with Gasteiger partial charge in [-0.05, 0) is 48.3 Å². The van der Waals surface area contributed by atoms with E-state index in [1.807, 2.05) is 22.9 Å². The fraction of sp³-hybridized carbons (Fsp3) is 0.308. The van der Waals surface area contributed by atoms with E-state index in [2.05, 4.69) is 60.0 Å². The summed E-state index contributed by atoms with van der Waals surface area (Å²) in [6.07, 6.45) is 0. The van der Waals surface area contributed by atoms with Gasteiger partial charge in [0.25, 0.3) is 0 Å². The first-order valence-corrected chi connectivity index (χ1v) is 6.09. The second kappa shape index (κ2) is 4.06. The molecular formula is C13H15BrN2. The molecule has 0 spiro atoms. The molecule has 0 amide bonds. The van der Waals surface area contributed by atoms with Gasteiger partial charge >= 0.3 is 0 Å². The van der Waals surface area contributed by atoms with Crippen molar-refractivity contribution in [1.82, 2.24) is 9.78 Å². The summed E-state index contributed by atoms with van der Waals surface area (Å²) in [7, 11) is 0. The largest absolute Gasteiger partial charge is 0.258 e. The zero-order valence-corrected chi connectivity index (χ0v) is 11.3. The number of hydrogen-bond acceptors (Lipinski definition) is 1. The fourth-order valence-corrected chi connectivity index (χ4v) is 2.05. The minimum Gasteiger partial charge on any atom is -0.258 e. The van der Waals surface area contributed by atoms with Crippen molar-refractivity contribution in [2.24, 2.45) is 0 Å². The molecular weight excluding hydrogens is 264 g/mol. The molecule has 0 atom stereocenters. The Morgan fingerprint density at radius 1 is 1.12 bits per heavy atom. The molecule has 0 bridgehead atoms. The molecule has 1 aromatic heterocycles. The number of benzene rings is 1. The third-order valence-corrected chi connectivity index (χ3v) is 2.77. The number of rotatable bonds is 1. The quantitative estimate of drug-likeness (QED) is 0.769. The molecule has 3 heteroatoms. The molecule has 0 aliphatic heterocycles. The molecule has 2 aromatic rings. The van der Waals surface area contributed by atoms with Gasteiger partial charge in [-0.3, -0.25) is 4.68 Å². The molecule has 0 fully saturated rings. The van der Waals surface area contributed by atoms with E-state index in [0.717, 1.165) is 10.3 Å². The fourth-order valence-electron chi connectivity index (χ4n) is 1.68. The summed E-state index contributed by atoms with van der Waals surface area (Å²) >= 11 is 3.44. The Balaban J connectivity index is 2.58. The van der Waals surface area contributed by atoms with Crippen molar-refractivity contribution in [2.45, 2.75) is 26.3 Å². The molecule has 16 heavy (non-hydrogen) atoms. The van der Waals surface area contributed by atoms with Gasteiger partial charge in [0.05, 0.1) is 11.2 Å². The Bertz CT molecular complexity index is 480. The van der Waals surface area contributed by atoms with Crippen LogP contribution in [0.2, 0.25) is 0 Å². The molecule has 0 radical (unpaired) electrons. The maximum absolute atomic E-state index is 4.49. The summed E-state index contributed by atoms with van der Waals surface area (Å²) in [6, 6.07) is 12.4. The first-order valence-electron chi connectivity index (χ1n) is 5.30. The predicted octanol–water partition coefficient (Wildman–Crippen LogP) is 4.07. The normalized spacial score (nSPS) is 11.8. The van der Waals surface area contributed by atoms with Crippen molar-refractivity contribution in [2.75, 3.05) is 0 Å². The van der Waals surface area contributed by atoms with E-state index in [9.17, 15) is 0 Å². The highest BCUT2D eigenvalue weighted by Crippen LogP contribution is 2.28. The number of hydrogen-bond donors (Lipinski definition) is 0. The highest BCUT2D eigenvalue weighted by molar-refractivity contribution is 9.10. The lowest BCUT2D eigenvalue weighted by Crippen LogP contribution is -2.23. The standard InChI is InChI=1S/C13H15BrN2/c1-13(2,3)16-11(9-12(14)15-16)10-7-5-4-6-8-10/h4-9H,1-3H3. The van der Waals surface area contributed by atoms with Crippen LogP contribution in [-0.2, 0) is 5.54 Å². The Morgan fingerprint density at radius 3 is 2.31 bits per heavy atom. The minimum atomic E-state index is -0.0167. The van der Waals surface area contributed by atoms with Gasteiger partial charge in [0.1, 0.15) is 4.60 Å². The Morgan fingerprint density at radius 2 is 1.75 bits per heavy atom.